The van der Waals surface area contributed by atoms with Gasteiger partial charge in [-0.15, -0.1) is 11.3 Å². The van der Waals surface area contributed by atoms with Crippen LogP contribution in [-0.2, 0) is 9.53 Å². The zero-order valence-corrected chi connectivity index (χ0v) is 19.2. The van der Waals surface area contributed by atoms with Gasteiger partial charge in [-0.25, -0.2) is 9.18 Å². The number of halogens is 1. The van der Waals surface area contributed by atoms with Gasteiger partial charge in [-0.1, -0.05) is 24.3 Å². The molecule has 1 atom stereocenters. The van der Waals surface area contributed by atoms with Crippen molar-refractivity contribution in [2.24, 2.45) is 0 Å². The number of nitrogens with one attached hydrogen (secondary N) is 2. The number of hydrogen-bond acceptors (Lipinski definition) is 7. The molecular weight excluding hydrogens is 473 g/mol. The number of nitrogens with zero attached hydrogens (tertiary/aromatic N) is 3. The number of anilines is 1. The molecule has 2 N–H and O–H groups in total. The number of benzene rings is 2. The Morgan fingerprint density at radius 2 is 2.00 bits per heavy atom. The SMILES string of the molecule is O=C(CCC(=O)c1cccs1)NC[C@H]1CN(c2cccc(F)c2-c2cccc3n[nH]nc23)C(=O)O1. The molecule has 5 rings (SSSR count). The molecule has 0 aliphatic carbocycles. The van der Waals surface area contributed by atoms with Crippen LogP contribution in [0.4, 0.5) is 14.9 Å². The summed E-state index contributed by atoms with van der Waals surface area (Å²) >= 11 is 1.34. The number of cyclic esters (lactones) is 1. The maximum Gasteiger partial charge on any atom is 0.414 e. The smallest absolute Gasteiger partial charge is 0.414 e. The predicted molar refractivity (Wildman–Crippen MR) is 128 cm³/mol. The maximum absolute atomic E-state index is 15.0. The van der Waals surface area contributed by atoms with E-state index in [-0.39, 0.29) is 43.2 Å². The molecule has 1 fully saturated rings. The summed E-state index contributed by atoms with van der Waals surface area (Å²) in [6.45, 7) is 0.205. The predicted octanol–water partition coefficient (Wildman–Crippen LogP) is 3.93. The van der Waals surface area contributed by atoms with Crippen LogP contribution in [0.1, 0.15) is 22.5 Å². The number of rotatable bonds is 8. The van der Waals surface area contributed by atoms with Gasteiger partial charge >= 0.3 is 6.09 Å². The fraction of sp³-hybridized carbons (Fsp3) is 0.208. The average molecular weight is 494 g/mol. The molecule has 0 saturated carbocycles. The van der Waals surface area contributed by atoms with Crippen LogP contribution in [-0.4, -0.2) is 52.4 Å². The Morgan fingerprint density at radius 1 is 1.14 bits per heavy atom. The van der Waals surface area contributed by atoms with E-state index < -0.39 is 18.0 Å². The fourth-order valence-corrected chi connectivity index (χ4v) is 4.70. The van der Waals surface area contributed by atoms with Crippen LogP contribution in [0.2, 0.25) is 0 Å². The van der Waals surface area contributed by atoms with Crippen LogP contribution in [0.5, 0.6) is 0 Å². The molecule has 4 aromatic rings. The molecule has 0 unspecified atom stereocenters. The number of para-hydroxylation sites is 1. The molecule has 0 spiro atoms. The van der Waals surface area contributed by atoms with Gasteiger partial charge in [0.15, 0.2) is 5.78 Å². The van der Waals surface area contributed by atoms with Gasteiger partial charge in [0.05, 0.1) is 23.7 Å². The molecule has 2 aromatic heterocycles. The van der Waals surface area contributed by atoms with Crippen LogP contribution in [0.15, 0.2) is 53.9 Å². The van der Waals surface area contributed by atoms with E-state index in [0.29, 0.717) is 27.2 Å². The summed E-state index contributed by atoms with van der Waals surface area (Å²) in [5.74, 6) is -0.916. The minimum absolute atomic E-state index is 0.0386. The molecule has 178 valence electrons. The maximum atomic E-state index is 15.0. The molecule has 9 nitrogen and oxygen atoms in total. The molecule has 0 radical (unpaired) electrons. The largest absolute Gasteiger partial charge is 0.442 e. The first-order chi connectivity index (χ1) is 17.0. The number of carbonyl (C=O) groups excluding carboxylic acids is 3. The minimum atomic E-state index is -0.642. The minimum Gasteiger partial charge on any atom is -0.442 e. The molecular formula is C24H20FN5O4S. The first kappa shape index (κ1) is 22.7. The number of H-pyrrole nitrogens is 1. The van der Waals surface area contributed by atoms with Crippen molar-refractivity contribution < 1.29 is 23.5 Å². The van der Waals surface area contributed by atoms with Gasteiger partial charge in [0.1, 0.15) is 23.0 Å². The Kier molecular flexibility index (Phi) is 6.23. The molecule has 1 aliphatic heterocycles. The molecule has 3 heterocycles. The molecule has 2 aromatic carbocycles. The second kappa shape index (κ2) is 9.63. The third kappa shape index (κ3) is 4.62. The topological polar surface area (TPSA) is 117 Å². The average Bonchev–Trinajstić information content (AvgIpc) is 3.62. The molecule has 0 bridgehead atoms. The van der Waals surface area contributed by atoms with Crippen molar-refractivity contribution in [3.8, 4) is 11.1 Å². The highest BCUT2D eigenvalue weighted by molar-refractivity contribution is 7.12. The van der Waals surface area contributed by atoms with Crippen LogP contribution in [0, 0.1) is 5.82 Å². The summed E-state index contributed by atoms with van der Waals surface area (Å²) in [5, 5.41) is 15.2. The second-order valence-corrected chi connectivity index (χ2v) is 8.90. The Hall–Kier alpha value is -4.12. The van der Waals surface area contributed by atoms with E-state index in [4.69, 9.17) is 4.74 Å². The van der Waals surface area contributed by atoms with Crippen molar-refractivity contribution in [3.63, 3.8) is 0 Å². The van der Waals surface area contributed by atoms with Crippen molar-refractivity contribution in [1.82, 2.24) is 20.7 Å². The number of aromatic amines is 1. The zero-order valence-electron chi connectivity index (χ0n) is 18.4. The van der Waals surface area contributed by atoms with Crippen molar-refractivity contribution in [2.45, 2.75) is 18.9 Å². The van der Waals surface area contributed by atoms with Gasteiger partial charge in [0, 0.05) is 24.0 Å². The van der Waals surface area contributed by atoms with Gasteiger partial charge in [-0.2, -0.15) is 15.4 Å². The van der Waals surface area contributed by atoms with Crippen molar-refractivity contribution >= 4 is 45.8 Å². The standard InChI is InChI=1S/C24H20FN5O4S/c25-16-5-2-7-18(22(16)15-4-1-6-17-23(15)28-29-27-17)30-13-14(34-24(30)33)12-26-21(32)10-9-19(31)20-8-3-11-35-20/h1-8,11,14H,9-10,12-13H2,(H,26,32)(H,27,28,29)/t14-/m0/s1. The van der Waals surface area contributed by atoms with Crippen LogP contribution in [0.25, 0.3) is 22.2 Å². The van der Waals surface area contributed by atoms with E-state index in [9.17, 15) is 14.4 Å². The summed E-state index contributed by atoms with van der Waals surface area (Å²) in [4.78, 5) is 38.9. The third-order valence-electron chi connectivity index (χ3n) is 5.67. The lowest BCUT2D eigenvalue weighted by molar-refractivity contribution is -0.121. The van der Waals surface area contributed by atoms with E-state index in [0.717, 1.165) is 0 Å². The lowest BCUT2D eigenvalue weighted by Gasteiger charge is -2.18. The lowest BCUT2D eigenvalue weighted by Crippen LogP contribution is -2.34. The van der Waals surface area contributed by atoms with Gasteiger partial charge in [0.2, 0.25) is 5.91 Å². The van der Waals surface area contributed by atoms with Crippen LogP contribution < -0.4 is 10.2 Å². The zero-order chi connectivity index (χ0) is 24.4. The van der Waals surface area contributed by atoms with Crippen LogP contribution in [0.3, 0.4) is 0 Å². The number of Topliss-reactive ketones (excluding diaryl/α,β-unsaturated/α-hetero) is 1. The highest BCUT2D eigenvalue weighted by Crippen LogP contribution is 2.38. The normalized spacial score (nSPS) is 15.4. The fourth-order valence-electron chi connectivity index (χ4n) is 4.00. The van der Waals surface area contributed by atoms with Crippen molar-refractivity contribution in [3.05, 3.63) is 64.6 Å². The molecule has 1 aliphatic rings. The van der Waals surface area contributed by atoms with E-state index in [2.05, 4.69) is 20.7 Å². The summed E-state index contributed by atoms with van der Waals surface area (Å²) in [6, 6.07) is 13.2. The number of carbonyl (C=O) groups is 3. The summed E-state index contributed by atoms with van der Waals surface area (Å²) in [6.07, 6.45) is -1.13. The Labute approximate surface area is 202 Å². The van der Waals surface area contributed by atoms with Gasteiger partial charge in [0.25, 0.3) is 0 Å². The first-order valence-electron chi connectivity index (χ1n) is 10.9. The van der Waals surface area contributed by atoms with Crippen molar-refractivity contribution in [1.29, 1.82) is 0 Å². The molecule has 35 heavy (non-hydrogen) atoms. The number of ketones is 1. The van der Waals surface area contributed by atoms with Crippen molar-refractivity contribution in [2.75, 3.05) is 18.0 Å². The van der Waals surface area contributed by atoms with E-state index in [1.807, 2.05) is 5.38 Å². The monoisotopic (exact) mass is 493 g/mol. The Balaban J connectivity index is 1.27. The summed E-state index contributed by atoms with van der Waals surface area (Å²) in [5.41, 5.74) is 2.08. The number of amides is 2. The quantitative estimate of drug-likeness (QED) is 0.359. The number of ether oxygens (including phenoxy) is 1. The van der Waals surface area contributed by atoms with Gasteiger partial charge < -0.3 is 10.1 Å². The Bertz CT molecular complexity index is 1400. The molecule has 1 saturated heterocycles. The number of aromatic nitrogens is 3. The molecule has 11 heteroatoms. The molecule has 2 amide bonds. The highest BCUT2D eigenvalue weighted by atomic mass is 32.1. The summed E-state index contributed by atoms with van der Waals surface area (Å²) < 4.78 is 20.4. The van der Waals surface area contributed by atoms with Crippen LogP contribution >= 0.6 is 11.3 Å². The van der Waals surface area contributed by atoms with Gasteiger partial charge in [-0.05, 0) is 29.6 Å². The first-order valence-corrected chi connectivity index (χ1v) is 11.8. The second-order valence-electron chi connectivity index (χ2n) is 7.95. The lowest BCUT2D eigenvalue weighted by atomic mass is 10.0. The Morgan fingerprint density at radius 3 is 2.83 bits per heavy atom. The summed E-state index contributed by atoms with van der Waals surface area (Å²) in [7, 11) is 0. The van der Waals surface area contributed by atoms with Gasteiger partial charge in [-0.3, -0.25) is 14.5 Å². The number of hydrogen-bond donors (Lipinski definition) is 2. The third-order valence-corrected chi connectivity index (χ3v) is 6.59. The number of thiophene rings is 1. The number of fused-ring (bicyclic) bond motifs is 1. The van der Waals surface area contributed by atoms with E-state index >= 15 is 4.39 Å². The van der Waals surface area contributed by atoms with E-state index in [1.54, 1.807) is 36.4 Å². The highest BCUT2D eigenvalue weighted by Gasteiger charge is 2.35. The van der Waals surface area contributed by atoms with E-state index in [1.165, 1.54) is 28.4 Å².